The largest absolute Gasteiger partial charge is 0.394 e. The second kappa shape index (κ2) is 3.08. The number of hydrogen-bond donors (Lipinski definition) is 3. The molecule has 0 rings (SSSR count). The van der Waals surface area contributed by atoms with Crippen LogP contribution in [0.5, 0.6) is 0 Å². The Balaban J connectivity index is 2.99. The van der Waals surface area contributed by atoms with Crippen molar-refractivity contribution in [1.29, 1.82) is 1.43 Å². The van der Waals surface area contributed by atoms with Gasteiger partial charge in [0.15, 0.2) is 0 Å². The molecule has 0 atom stereocenters. The first-order valence-corrected chi connectivity index (χ1v) is 1.68. The summed E-state index contributed by atoms with van der Waals surface area (Å²) in [4.78, 5) is 0. The van der Waals surface area contributed by atoms with Crippen LogP contribution in [0.3, 0.4) is 0 Å². The number of rotatable bonds is 3. The van der Waals surface area contributed by atoms with Gasteiger partial charge in [-0.05, 0) is 0 Å². The van der Waals surface area contributed by atoms with Crippen molar-refractivity contribution >= 4 is 0 Å². The molecule has 0 heterocycles. The summed E-state index contributed by atoms with van der Waals surface area (Å²) in [6.45, 7) is -0.611. The van der Waals surface area contributed by atoms with Crippen LogP contribution in [-0.2, 0) is 0 Å². The van der Waals surface area contributed by atoms with E-state index in [1.807, 2.05) is 0 Å². The van der Waals surface area contributed by atoms with Crippen LogP contribution in [0.2, 0.25) is 0 Å². The summed E-state index contributed by atoms with van der Waals surface area (Å²) in [6, 6.07) is 0. The highest BCUT2D eigenvalue weighted by Gasteiger charge is 1.93. The Hall–Kier alpha value is -0.120. The second-order valence-corrected chi connectivity index (χ2v) is 0.987. The van der Waals surface area contributed by atoms with Crippen LogP contribution in [0.4, 0.5) is 0 Å². The van der Waals surface area contributed by atoms with E-state index < -0.39 is 6.10 Å². The Labute approximate surface area is 37.3 Å². The first-order chi connectivity index (χ1) is 3.35. The predicted octanol–water partition coefficient (Wildman–Crippen LogP) is -1.67. The smallest absolute Gasteiger partial charge is 0.211 e. The minimum atomic E-state index is -0.736. The minimum absolute atomic E-state index is 0.306. The van der Waals surface area contributed by atoms with E-state index >= 15 is 0 Å². The summed E-state index contributed by atoms with van der Waals surface area (Å²) >= 11 is 0. The minimum Gasteiger partial charge on any atom is -0.394 e. The Morgan fingerprint density at radius 3 is 2.00 bits per heavy atom. The molecule has 6 heavy (non-hydrogen) atoms. The molecule has 3 N–H and O–H groups in total. The van der Waals surface area contributed by atoms with E-state index in [-0.39, 0.29) is 13.2 Å². The van der Waals surface area contributed by atoms with Crippen LogP contribution in [0.15, 0.2) is 0 Å². The molecule has 0 amide bonds. The van der Waals surface area contributed by atoms with Crippen molar-refractivity contribution in [1.82, 2.24) is 0 Å². The fraction of sp³-hybridized carbons (Fsp3) is 1.00. The highest BCUT2D eigenvalue weighted by molar-refractivity contribution is 4.43. The van der Waals surface area contributed by atoms with Gasteiger partial charge in [-0.3, -0.25) is 0 Å². The van der Waals surface area contributed by atoms with Crippen molar-refractivity contribution < 1.29 is 15.3 Å². The number of aliphatic hydroxyl groups excluding tert-OH is 3. The summed E-state index contributed by atoms with van der Waals surface area (Å²) in [5, 5.41) is 20.0. The lowest BCUT2D eigenvalue weighted by Gasteiger charge is -1.96. The number of hydrogen-bond acceptors (Lipinski definition) is 3. The van der Waals surface area contributed by atoms with Crippen molar-refractivity contribution in [3.8, 4) is 0 Å². The average molecular weight is 94.1 g/mol. The molecule has 0 unspecified atom stereocenters. The maximum Gasteiger partial charge on any atom is 0.211 e. The van der Waals surface area contributed by atoms with E-state index in [9.17, 15) is 0 Å². The topological polar surface area (TPSA) is 60.7 Å². The predicted molar refractivity (Wildman–Crippen MR) is 20.2 cm³/mol. The zero-order chi connectivity index (χ0) is 5.70. The summed E-state index contributed by atoms with van der Waals surface area (Å²) in [7, 11) is 0. The van der Waals surface area contributed by atoms with Crippen molar-refractivity contribution in [2.75, 3.05) is 13.2 Å². The SMILES string of the molecule is [3H]OC(CO)CO. The van der Waals surface area contributed by atoms with Crippen LogP contribution >= 0.6 is 0 Å². The second-order valence-electron chi connectivity index (χ2n) is 0.987. The number of aliphatic hydroxyl groups is 3. The van der Waals surface area contributed by atoms with Gasteiger partial charge in [0.25, 0.3) is 0 Å². The van der Waals surface area contributed by atoms with Crippen molar-refractivity contribution in [3.05, 3.63) is 0 Å². The molecule has 0 radical (unpaired) electrons. The molecular weight excluding hydrogens is 84.0 g/mol. The van der Waals surface area contributed by atoms with Crippen LogP contribution in [0.25, 0.3) is 0 Å². The lowest BCUT2D eigenvalue weighted by Crippen LogP contribution is -2.15. The van der Waals surface area contributed by atoms with Gasteiger partial charge in [0.2, 0.25) is 1.43 Å². The summed E-state index contributed by atoms with van der Waals surface area (Å²) in [5.74, 6) is 0. The summed E-state index contributed by atoms with van der Waals surface area (Å²) in [6.07, 6.45) is -0.736. The Morgan fingerprint density at radius 2 is 2.00 bits per heavy atom. The van der Waals surface area contributed by atoms with Crippen LogP contribution < -0.4 is 0 Å². The fourth-order valence-corrected chi connectivity index (χ4v) is 0.0577. The van der Waals surface area contributed by atoms with E-state index in [0.29, 0.717) is 0 Å². The van der Waals surface area contributed by atoms with Gasteiger partial charge in [0.1, 0.15) is 6.10 Å². The van der Waals surface area contributed by atoms with E-state index in [1.54, 1.807) is 0 Å². The molecule has 0 saturated carbocycles. The van der Waals surface area contributed by atoms with E-state index in [1.165, 1.54) is 0 Å². The first kappa shape index (κ1) is 4.05. The molecule has 3 nitrogen and oxygen atoms in total. The lowest BCUT2D eigenvalue weighted by molar-refractivity contribution is 0.0450. The van der Waals surface area contributed by atoms with Gasteiger partial charge in [-0.2, -0.15) is 0 Å². The third kappa shape index (κ3) is 2.14. The maximum absolute atomic E-state index is 8.12. The first-order valence-electron chi connectivity index (χ1n) is 2.09. The maximum atomic E-state index is 8.12. The normalized spacial score (nSPS) is 12.2. The molecule has 0 aliphatic carbocycles. The molecule has 0 aliphatic heterocycles. The molecule has 0 aromatic rings. The van der Waals surface area contributed by atoms with Crippen molar-refractivity contribution in [2.45, 2.75) is 6.10 Å². The zero-order valence-electron chi connectivity index (χ0n) is 4.29. The highest BCUT2D eigenvalue weighted by Crippen LogP contribution is 1.71. The lowest BCUT2D eigenvalue weighted by atomic mass is 10.4. The van der Waals surface area contributed by atoms with Gasteiger partial charge in [-0.25, -0.2) is 0 Å². The molecule has 38 valence electrons. The Bertz CT molecular complexity index is 31.7. The molecule has 0 saturated heterocycles. The molecule has 0 aromatic heterocycles. The Kier molecular flexibility index (Phi) is 2.08. The van der Waals surface area contributed by atoms with Crippen LogP contribution in [0, 0.1) is 0 Å². The van der Waals surface area contributed by atoms with Gasteiger partial charge < -0.3 is 15.3 Å². The van der Waals surface area contributed by atoms with Crippen LogP contribution in [0.1, 0.15) is 0 Å². The highest BCUT2D eigenvalue weighted by atomic mass is 16.3. The molecule has 0 aliphatic rings. The van der Waals surface area contributed by atoms with Crippen molar-refractivity contribution in [2.24, 2.45) is 0 Å². The molecule has 0 aromatic carbocycles. The molecule has 0 bridgehead atoms. The van der Waals surface area contributed by atoms with Gasteiger partial charge in [0, 0.05) is 0 Å². The summed E-state index contributed by atoms with van der Waals surface area (Å²) in [5.41, 5.74) is 0. The molecule has 0 spiro atoms. The van der Waals surface area contributed by atoms with Gasteiger partial charge >= 0.3 is 0 Å². The zero-order valence-corrected chi connectivity index (χ0v) is 3.29. The standard InChI is InChI=1S/C3H8O3/c4-1-3(6)2-5/h3-6H,1-2H2/i6T. The van der Waals surface area contributed by atoms with E-state index in [2.05, 4.69) is 5.11 Å². The quantitative estimate of drug-likeness (QED) is 0.392. The van der Waals surface area contributed by atoms with Gasteiger partial charge in [-0.1, -0.05) is 0 Å². The monoisotopic (exact) mass is 94.1 g/mol. The molecule has 3 heteroatoms. The van der Waals surface area contributed by atoms with Crippen LogP contribution in [-0.4, -0.2) is 36.1 Å². The van der Waals surface area contributed by atoms with Crippen molar-refractivity contribution in [3.63, 3.8) is 0 Å². The molecule has 0 fully saturated rings. The average Bonchev–Trinajstić information content (AvgIpc) is 1.72. The van der Waals surface area contributed by atoms with Gasteiger partial charge in [0.05, 0.1) is 13.2 Å². The van der Waals surface area contributed by atoms with Gasteiger partial charge in [-0.15, -0.1) is 0 Å². The third-order valence-corrected chi connectivity index (χ3v) is 0.407. The van der Waals surface area contributed by atoms with E-state index in [0.717, 1.165) is 0 Å². The third-order valence-electron chi connectivity index (χ3n) is 0.407. The Morgan fingerprint density at radius 1 is 1.50 bits per heavy atom. The fourth-order valence-electron chi connectivity index (χ4n) is 0.0577. The summed E-state index contributed by atoms with van der Waals surface area (Å²) < 4.78 is 6.14. The molecular formula is C3H8O3. The van der Waals surface area contributed by atoms with E-state index in [4.69, 9.17) is 11.6 Å².